The van der Waals surface area contributed by atoms with E-state index in [1.807, 2.05) is 6.07 Å². The van der Waals surface area contributed by atoms with Crippen molar-refractivity contribution in [1.29, 1.82) is 0 Å². The second-order valence-electron chi connectivity index (χ2n) is 7.08. The Morgan fingerprint density at radius 1 is 1.10 bits per heavy atom. The Balaban J connectivity index is 1.73. The fourth-order valence-corrected chi connectivity index (χ4v) is 3.40. The molecule has 0 radical (unpaired) electrons. The van der Waals surface area contributed by atoms with Crippen LogP contribution >= 0.6 is 0 Å². The summed E-state index contributed by atoms with van der Waals surface area (Å²) in [5, 5.41) is 0.772. The molecule has 0 aliphatic carbocycles. The minimum Gasteiger partial charge on any atom is -0.497 e. The van der Waals surface area contributed by atoms with Crippen molar-refractivity contribution < 1.29 is 13.9 Å². The minimum absolute atomic E-state index is 0.00451. The van der Waals surface area contributed by atoms with Crippen LogP contribution in [0.25, 0.3) is 10.9 Å². The van der Waals surface area contributed by atoms with Gasteiger partial charge in [0.2, 0.25) is 0 Å². The zero-order valence-corrected chi connectivity index (χ0v) is 16.8. The van der Waals surface area contributed by atoms with Crippen molar-refractivity contribution in [2.45, 2.75) is 13.1 Å². The number of hydrogen-bond donors (Lipinski definition) is 1. The molecule has 2 aromatic heterocycles. The zero-order valence-electron chi connectivity index (χ0n) is 16.8. The molecule has 2 aromatic carbocycles. The highest BCUT2D eigenvalue weighted by molar-refractivity contribution is 5.94. The van der Waals surface area contributed by atoms with Crippen LogP contribution in [0, 0.1) is 5.82 Å². The number of H-pyrrole nitrogens is 1. The van der Waals surface area contributed by atoms with E-state index >= 15 is 0 Å². The van der Waals surface area contributed by atoms with Gasteiger partial charge >= 0.3 is 0 Å². The number of aromatic nitrogens is 2. The molecular formula is C24H20FN3O3. The predicted octanol–water partition coefficient (Wildman–Crippen LogP) is 3.91. The molecule has 2 heterocycles. The van der Waals surface area contributed by atoms with E-state index in [4.69, 9.17) is 4.74 Å². The van der Waals surface area contributed by atoms with Crippen molar-refractivity contribution in [2.75, 3.05) is 7.11 Å². The van der Waals surface area contributed by atoms with Crippen LogP contribution in [0.4, 0.5) is 4.39 Å². The molecule has 0 atom stereocenters. The molecule has 0 saturated carbocycles. The Morgan fingerprint density at radius 2 is 1.94 bits per heavy atom. The highest BCUT2D eigenvalue weighted by Gasteiger charge is 2.21. The van der Waals surface area contributed by atoms with E-state index < -0.39 is 11.7 Å². The number of halogens is 1. The predicted molar refractivity (Wildman–Crippen MR) is 115 cm³/mol. The van der Waals surface area contributed by atoms with Gasteiger partial charge in [0.25, 0.3) is 11.5 Å². The first-order valence-corrected chi connectivity index (χ1v) is 9.68. The second kappa shape index (κ2) is 8.79. The molecule has 1 amide bonds. The van der Waals surface area contributed by atoms with Crippen molar-refractivity contribution in [1.82, 2.24) is 14.9 Å². The van der Waals surface area contributed by atoms with Gasteiger partial charge in [0.15, 0.2) is 0 Å². The summed E-state index contributed by atoms with van der Waals surface area (Å²) < 4.78 is 19.6. The van der Waals surface area contributed by atoms with Crippen LogP contribution in [0.5, 0.6) is 5.75 Å². The third-order valence-corrected chi connectivity index (χ3v) is 4.98. The first-order chi connectivity index (χ1) is 15.0. The van der Waals surface area contributed by atoms with Crippen LogP contribution in [-0.2, 0) is 13.1 Å². The number of ether oxygens (including phenoxy) is 1. The van der Waals surface area contributed by atoms with Crippen LogP contribution in [0.2, 0.25) is 0 Å². The van der Waals surface area contributed by atoms with Gasteiger partial charge in [0, 0.05) is 35.4 Å². The fourth-order valence-electron chi connectivity index (χ4n) is 3.40. The molecule has 0 spiro atoms. The van der Waals surface area contributed by atoms with Crippen molar-refractivity contribution >= 4 is 16.8 Å². The number of aromatic amines is 1. The molecule has 0 unspecified atom stereocenters. The molecule has 1 N–H and O–H groups in total. The van der Waals surface area contributed by atoms with Crippen molar-refractivity contribution in [3.8, 4) is 5.75 Å². The molecule has 6 nitrogen and oxygen atoms in total. The van der Waals surface area contributed by atoms with E-state index in [1.54, 1.807) is 55.9 Å². The third kappa shape index (κ3) is 4.45. The van der Waals surface area contributed by atoms with E-state index in [0.29, 0.717) is 16.8 Å². The Labute approximate surface area is 177 Å². The van der Waals surface area contributed by atoms with E-state index in [9.17, 15) is 14.0 Å². The molecule has 0 bridgehead atoms. The number of benzene rings is 2. The van der Waals surface area contributed by atoms with Gasteiger partial charge in [-0.05, 0) is 48.0 Å². The highest BCUT2D eigenvalue weighted by atomic mass is 19.1. The van der Waals surface area contributed by atoms with Gasteiger partial charge in [-0.2, -0.15) is 0 Å². The van der Waals surface area contributed by atoms with Gasteiger partial charge in [-0.3, -0.25) is 14.6 Å². The number of carbonyl (C=O) groups is 1. The van der Waals surface area contributed by atoms with Gasteiger partial charge in [-0.1, -0.05) is 18.2 Å². The molecule has 4 rings (SSSR count). The number of nitrogens with zero attached hydrogens (tertiary/aromatic N) is 2. The summed E-state index contributed by atoms with van der Waals surface area (Å²) in [6.07, 6.45) is 3.27. The van der Waals surface area contributed by atoms with E-state index in [-0.39, 0.29) is 24.2 Å². The van der Waals surface area contributed by atoms with Gasteiger partial charge < -0.3 is 14.6 Å². The summed E-state index contributed by atoms with van der Waals surface area (Å²) >= 11 is 0. The van der Waals surface area contributed by atoms with Gasteiger partial charge in [-0.15, -0.1) is 0 Å². The number of carbonyl (C=O) groups excluding carboxylic acids is 1. The Morgan fingerprint density at radius 3 is 2.68 bits per heavy atom. The number of amides is 1. The molecule has 0 saturated heterocycles. The standard InChI is InChI=1S/C24H20FN3O3/c1-31-19-8-9-22-17(12-19)11-18(23(29)27-22)15-28(14-16-5-4-10-26-13-16)24(30)20-6-2-3-7-21(20)25/h2-13H,14-15H2,1H3,(H,27,29). The maximum absolute atomic E-state index is 14.3. The Hall–Kier alpha value is -4.00. The molecule has 4 aromatic rings. The highest BCUT2D eigenvalue weighted by Crippen LogP contribution is 2.20. The quantitative estimate of drug-likeness (QED) is 0.516. The monoisotopic (exact) mass is 417 g/mol. The molecule has 0 fully saturated rings. The Kier molecular flexibility index (Phi) is 5.75. The van der Waals surface area contributed by atoms with Crippen LogP contribution in [0.1, 0.15) is 21.5 Å². The average molecular weight is 417 g/mol. The Bertz CT molecular complexity index is 1290. The topological polar surface area (TPSA) is 75.3 Å². The summed E-state index contributed by atoms with van der Waals surface area (Å²) in [6.45, 7) is 0.182. The molecular weight excluding hydrogens is 397 g/mol. The maximum Gasteiger partial charge on any atom is 0.257 e. The fraction of sp³-hybridized carbons (Fsp3) is 0.125. The third-order valence-electron chi connectivity index (χ3n) is 4.98. The summed E-state index contributed by atoms with van der Waals surface area (Å²) in [6, 6.07) is 16.4. The number of nitrogens with one attached hydrogen (secondary N) is 1. The lowest BCUT2D eigenvalue weighted by atomic mass is 10.1. The minimum atomic E-state index is -0.610. The van der Waals surface area contributed by atoms with Crippen LogP contribution in [0.15, 0.2) is 77.9 Å². The molecule has 0 aliphatic heterocycles. The average Bonchev–Trinajstić information content (AvgIpc) is 2.79. The van der Waals surface area contributed by atoms with Crippen LogP contribution in [-0.4, -0.2) is 27.9 Å². The van der Waals surface area contributed by atoms with Crippen molar-refractivity contribution in [3.05, 3.63) is 106 Å². The lowest BCUT2D eigenvalue weighted by Gasteiger charge is -2.23. The second-order valence-corrected chi connectivity index (χ2v) is 7.08. The lowest BCUT2D eigenvalue weighted by Crippen LogP contribution is -2.33. The van der Waals surface area contributed by atoms with Crippen molar-refractivity contribution in [2.24, 2.45) is 0 Å². The molecule has 7 heteroatoms. The molecule has 156 valence electrons. The normalized spacial score (nSPS) is 10.8. The first-order valence-electron chi connectivity index (χ1n) is 9.68. The SMILES string of the molecule is COc1ccc2[nH]c(=O)c(CN(Cc3cccnc3)C(=O)c3ccccc3F)cc2c1. The van der Waals surface area contributed by atoms with E-state index in [2.05, 4.69) is 9.97 Å². The number of hydrogen-bond acceptors (Lipinski definition) is 4. The summed E-state index contributed by atoms with van der Waals surface area (Å²) in [4.78, 5) is 34.2. The molecule has 31 heavy (non-hydrogen) atoms. The van der Waals surface area contributed by atoms with Crippen LogP contribution in [0.3, 0.4) is 0 Å². The lowest BCUT2D eigenvalue weighted by molar-refractivity contribution is 0.0724. The summed E-state index contributed by atoms with van der Waals surface area (Å²) in [5.41, 5.74) is 1.45. The maximum atomic E-state index is 14.3. The number of methoxy groups -OCH3 is 1. The first kappa shape index (κ1) is 20.3. The van der Waals surface area contributed by atoms with E-state index in [1.165, 1.54) is 23.1 Å². The van der Waals surface area contributed by atoms with Crippen LogP contribution < -0.4 is 10.3 Å². The van der Waals surface area contributed by atoms with Gasteiger partial charge in [-0.25, -0.2) is 4.39 Å². The van der Waals surface area contributed by atoms with Gasteiger partial charge in [0.1, 0.15) is 11.6 Å². The zero-order chi connectivity index (χ0) is 21.8. The number of rotatable bonds is 6. The summed E-state index contributed by atoms with van der Waals surface area (Å²) in [5.74, 6) is -0.465. The number of fused-ring (bicyclic) bond motifs is 1. The van der Waals surface area contributed by atoms with E-state index in [0.717, 1.165) is 10.9 Å². The number of pyridine rings is 2. The smallest absolute Gasteiger partial charge is 0.257 e. The molecule has 0 aliphatic rings. The largest absolute Gasteiger partial charge is 0.497 e. The summed E-state index contributed by atoms with van der Waals surface area (Å²) in [7, 11) is 1.57. The van der Waals surface area contributed by atoms with Crippen molar-refractivity contribution in [3.63, 3.8) is 0 Å². The van der Waals surface area contributed by atoms with Gasteiger partial charge in [0.05, 0.1) is 19.2 Å².